The normalized spacial score (nSPS) is 14.9. The predicted octanol–water partition coefficient (Wildman–Crippen LogP) is 10.6. The highest BCUT2D eigenvalue weighted by atomic mass is 31.2. The average Bonchev–Trinajstić information content (AvgIpc) is 3.13. The molecule has 0 fully saturated rings. The van der Waals surface area contributed by atoms with E-state index in [0.29, 0.717) is 13.0 Å². The Hall–Kier alpha value is -2.10. The zero-order valence-corrected chi connectivity index (χ0v) is 33.4. The number of unbranched alkanes of at least 4 members (excludes halogenated alkanes) is 11. The first-order valence-corrected chi connectivity index (χ1v) is 21.4. The van der Waals surface area contributed by atoms with E-state index in [2.05, 4.69) is 86.8 Å². The van der Waals surface area contributed by atoms with Crippen molar-refractivity contribution in [1.29, 1.82) is 0 Å². The van der Waals surface area contributed by atoms with Crippen molar-refractivity contribution in [2.24, 2.45) is 0 Å². The van der Waals surface area contributed by atoms with Crippen LogP contribution in [-0.2, 0) is 27.9 Å². The summed E-state index contributed by atoms with van der Waals surface area (Å²) in [6.07, 6.45) is 44.4. The number of aliphatic hydroxyl groups excluding tert-OH is 2. The second-order valence-corrected chi connectivity index (χ2v) is 14.4. The van der Waals surface area contributed by atoms with E-state index < -0.39 is 45.8 Å². The van der Waals surface area contributed by atoms with Crippen LogP contribution in [0.4, 0.5) is 0 Å². The van der Waals surface area contributed by atoms with Gasteiger partial charge in [-0.1, -0.05) is 145 Å². The molecule has 0 aromatic rings. The van der Waals surface area contributed by atoms with Gasteiger partial charge < -0.3 is 24.6 Å². The molecule has 0 heterocycles. The van der Waals surface area contributed by atoms with E-state index in [-0.39, 0.29) is 13.0 Å². The van der Waals surface area contributed by atoms with Gasteiger partial charge in [-0.3, -0.25) is 13.8 Å². The van der Waals surface area contributed by atoms with Crippen LogP contribution in [0.1, 0.15) is 142 Å². The van der Waals surface area contributed by atoms with Crippen molar-refractivity contribution in [1.82, 2.24) is 0 Å². The van der Waals surface area contributed by atoms with Crippen molar-refractivity contribution in [3.05, 3.63) is 72.9 Å². The van der Waals surface area contributed by atoms with E-state index in [0.717, 1.165) is 83.5 Å². The molecule has 3 unspecified atom stereocenters. The number of hydrogen-bond donors (Lipinski definition) is 3. The van der Waals surface area contributed by atoms with Gasteiger partial charge in [0.2, 0.25) is 0 Å². The van der Waals surface area contributed by atoms with Crippen LogP contribution in [0, 0.1) is 0 Å². The lowest BCUT2D eigenvalue weighted by atomic mass is 10.1. The molecule has 0 bridgehead atoms. The Morgan fingerprint density at radius 2 is 1.10 bits per heavy atom. The number of phosphoric acid groups is 1. The third-order valence-electron chi connectivity index (χ3n) is 7.91. The summed E-state index contributed by atoms with van der Waals surface area (Å²) in [5.41, 5.74) is 0. The predicted molar refractivity (Wildman–Crippen MR) is 214 cm³/mol. The van der Waals surface area contributed by atoms with Crippen molar-refractivity contribution in [3.63, 3.8) is 0 Å². The van der Waals surface area contributed by atoms with Crippen molar-refractivity contribution >= 4 is 13.8 Å². The van der Waals surface area contributed by atoms with Crippen LogP contribution < -0.4 is 0 Å². The first-order chi connectivity index (χ1) is 25.3. The van der Waals surface area contributed by atoms with E-state index in [1.165, 1.54) is 32.1 Å². The lowest BCUT2D eigenvalue weighted by Crippen LogP contribution is -2.29. The van der Waals surface area contributed by atoms with E-state index in [4.69, 9.17) is 23.6 Å². The Morgan fingerprint density at radius 3 is 1.65 bits per heavy atom. The number of carbonyl (C=O) groups is 1. The largest absolute Gasteiger partial charge is 0.472 e. The van der Waals surface area contributed by atoms with Gasteiger partial charge in [0.15, 0.2) is 0 Å². The first kappa shape index (κ1) is 49.9. The number of phosphoric ester groups is 1. The summed E-state index contributed by atoms with van der Waals surface area (Å²) in [6.45, 7) is 3.31. The minimum absolute atomic E-state index is 0.0352. The van der Waals surface area contributed by atoms with Crippen LogP contribution in [0.15, 0.2) is 72.9 Å². The molecule has 300 valence electrons. The Kier molecular flexibility index (Phi) is 37.1. The highest BCUT2D eigenvalue weighted by molar-refractivity contribution is 7.47. The Morgan fingerprint density at radius 1 is 0.615 bits per heavy atom. The molecule has 52 heavy (non-hydrogen) atoms. The molecule has 3 atom stereocenters. The maximum absolute atomic E-state index is 12.5. The quantitative estimate of drug-likeness (QED) is 0.0245. The molecule has 0 amide bonds. The van der Waals surface area contributed by atoms with E-state index in [1.54, 1.807) is 0 Å². The molecule has 0 aliphatic carbocycles. The Bertz CT molecular complexity index is 1030. The summed E-state index contributed by atoms with van der Waals surface area (Å²) in [7, 11) is -4.52. The van der Waals surface area contributed by atoms with Crippen LogP contribution in [-0.4, -0.2) is 66.3 Å². The van der Waals surface area contributed by atoms with Crippen LogP contribution in [0.3, 0.4) is 0 Å². The molecule has 0 rings (SSSR count). The van der Waals surface area contributed by atoms with Gasteiger partial charge in [0.1, 0.15) is 12.2 Å². The molecular weight excluding hydrogens is 679 g/mol. The number of rotatable bonds is 37. The van der Waals surface area contributed by atoms with Crippen LogP contribution >= 0.6 is 7.82 Å². The molecular formula is C42H73O9P. The van der Waals surface area contributed by atoms with Crippen molar-refractivity contribution < 1.29 is 43.0 Å². The smallest absolute Gasteiger partial charge is 0.457 e. The highest BCUT2D eigenvalue weighted by Crippen LogP contribution is 2.43. The summed E-state index contributed by atoms with van der Waals surface area (Å²) >= 11 is 0. The molecule has 0 aromatic heterocycles. The fraction of sp³-hybridized carbons (Fsp3) is 0.690. The van der Waals surface area contributed by atoms with Gasteiger partial charge in [0, 0.05) is 13.0 Å². The number of ether oxygens (including phenoxy) is 2. The van der Waals surface area contributed by atoms with Gasteiger partial charge in [-0.15, -0.1) is 0 Å². The van der Waals surface area contributed by atoms with E-state index in [1.807, 2.05) is 0 Å². The minimum Gasteiger partial charge on any atom is -0.457 e. The number of aliphatic hydroxyl groups is 2. The van der Waals surface area contributed by atoms with Crippen molar-refractivity contribution in [2.45, 2.75) is 154 Å². The molecule has 10 heteroatoms. The highest BCUT2D eigenvalue weighted by Gasteiger charge is 2.26. The van der Waals surface area contributed by atoms with Gasteiger partial charge in [0.05, 0.1) is 26.4 Å². The summed E-state index contributed by atoms with van der Waals surface area (Å²) in [5.74, 6) is -0.411. The summed E-state index contributed by atoms with van der Waals surface area (Å²) < 4.78 is 33.1. The molecule has 0 aromatic carbocycles. The van der Waals surface area contributed by atoms with Gasteiger partial charge >= 0.3 is 13.8 Å². The van der Waals surface area contributed by atoms with Crippen LogP contribution in [0.5, 0.6) is 0 Å². The van der Waals surface area contributed by atoms with Crippen molar-refractivity contribution in [2.75, 3.05) is 33.0 Å². The SMILES string of the molecule is CC/C=C\C/C=C\C/C=C\C/C=C\C/C=C\C/C=C\CCCCCCC(=O)OC(COCCCCCCCCCC)COP(=O)(O)OCC(O)CO. The minimum atomic E-state index is -4.52. The Balaban J connectivity index is 4.20. The van der Waals surface area contributed by atoms with E-state index >= 15 is 0 Å². The number of allylic oxidation sites excluding steroid dienone is 12. The molecule has 0 spiro atoms. The topological polar surface area (TPSA) is 132 Å². The molecule has 0 aliphatic rings. The zero-order valence-electron chi connectivity index (χ0n) is 32.5. The van der Waals surface area contributed by atoms with Gasteiger partial charge in [-0.05, 0) is 64.2 Å². The number of esters is 1. The molecule has 3 N–H and O–H groups in total. The summed E-state index contributed by atoms with van der Waals surface area (Å²) in [4.78, 5) is 22.5. The standard InChI is InChI=1S/C42H73O9P/c1-3-5-7-9-11-13-14-15-16-17-18-19-20-21-22-23-24-25-26-27-28-30-32-34-42(45)51-41(39-50-52(46,47)49-37-40(44)36-43)38-48-35-33-31-29-12-10-8-6-4-2/h5,7,11,13,15-16,18-19,21-22,24-25,40-41,43-44H,3-4,6,8-10,12,14,17,20,23,26-39H2,1-2H3,(H,46,47)/b7-5-,13-11-,16-15-,19-18-,22-21-,25-24-. The fourth-order valence-corrected chi connectivity index (χ4v) is 5.68. The molecule has 0 saturated heterocycles. The molecule has 0 radical (unpaired) electrons. The third kappa shape index (κ3) is 37.7. The maximum atomic E-state index is 12.5. The fourth-order valence-electron chi connectivity index (χ4n) is 4.89. The number of hydrogen-bond acceptors (Lipinski definition) is 8. The summed E-state index contributed by atoms with van der Waals surface area (Å²) in [5, 5.41) is 18.3. The van der Waals surface area contributed by atoms with Crippen LogP contribution in [0.25, 0.3) is 0 Å². The zero-order chi connectivity index (χ0) is 38.2. The second kappa shape index (κ2) is 38.6. The molecule has 9 nitrogen and oxygen atoms in total. The second-order valence-electron chi connectivity index (χ2n) is 12.9. The lowest BCUT2D eigenvalue weighted by molar-refractivity contribution is -0.154. The van der Waals surface area contributed by atoms with Gasteiger partial charge in [-0.25, -0.2) is 4.57 Å². The Labute approximate surface area is 316 Å². The van der Waals surface area contributed by atoms with Crippen LogP contribution in [0.2, 0.25) is 0 Å². The third-order valence-corrected chi connectivity index (χ3v) is 8.86. The molecule has 0 aliphatic heterocycles. The van der Waals surface area contributed by atoms with E-state index in [9.17, 15) is 19.4 Å². The van der Waals surface area contributed by atoms with Gasteiger partial charge in [-0.2, -0.15) is 0 Å². The van der Waals surface area contributed by atoms with Gasteiger partial charge in [0.25, 0.3) is 0 Å². The number of carbonyl (C=O) groups excluding carboxylic acids is 1. The van der Waals surface area contributed by atoms with Crippen molar-refractivity contribution in [3.8, 4) is 0 Å². The first-order valence-electron chi connectivity index (χ1n) is 19.9. The summed E-state index contributed by atoms with van der Waals surface area (Å²) in [6, 6.07) is 0. The molecule has 0 saturated carbocycles. The lowest BCUT2D eigenvalue weighted by Gasteiger charge is -2.20. The monoisotopic (exact) mass is 752 g/mol. The maximum Gasteiger partial charge on any atom is 0.472 e. The average molecular weight is 753 g/mol.